The van der Waals surface area contributed by atoms with Crippen molar-refractivity contribution < 1.29 is 18.3 Å². The largest absolute Gasteiger partial charge is 0.405 e. The maximum Gasteiger partial charge on any atom is 0.405 e. The van der Waals surface area contributed by atoms with Gasteiger partial charge in [-0.3, -0.25) is 0 Å². The van der Waals surface area contributed by atoms with Crippen molar-refractivity contribution in [2.24, 2.45) is 0 Å². The van der Waals surface area contributed by atoms with Crippen molar-refractivity contribution in [2.75, 3.05) is 31.1 Å². The molecule has 0 aliphatic heterocycles. The second kappa shape index (κ2) is 7.71. The van der Waals surface area contributed by atoms with Crippen molar-refractivity contribution in [3.63, 3.8) is 0 Å². The number of benzene rings is 1. The van der Waals surface area contributed by atoms with E-state index in [1.165, 1.54) is 6.07 Å². The molecule has 0 fully saturated rings. The predicted octanol–water partition coefficient (Wildman–Crippen LogP) is 2.81. The first-order chi connectivity index (χ1) is 9.37. The van der Waals surface area contributed by atoms with Gasteiger partial charge in [-0.25, -0.2) is 0 Å². The Hall–Kier alpha value is -0.980. The molecule has 0 aliphatic carbocycles. The lowest BCUT2D eigenvalue weighted by Crippen LogP contribution is -2.36. The number of alkyl halides is 3. The fourth-order valence-corrected chi connectivity index (χ4v) is 2.01. The van der Waals surface area contributed by atoms with Crippen LogP contribution in [0.15, 0.2) is 18.2 Å². The van der Waals surface area contributed by atoms with Crippen LogP contribution >= 0.6 is 11.6 Å². The number of nitrogens with one attached hydrogen (secondary N) is 1. The van der Waals surface area contributed by atoms with E-state index in [1.54, 1.807) is 12.1 Å². The molecule has 2 N–H and O–H groups in total. The average Bonchev–Trinajstić information content (AvgIpc) is 2.35. The van der Waals surface area contributed by atoms with Crippen LogP contribution in [0.3, 0.4) is 0 Å². The van der Waals surface area contributed by atoms with Gasteiger partial charge in [-0.15, -0.1) is 0 Å². The Morgan fingerprint density at radius 1 is 1.35 bits per heavy atom. The van der Waals surface area contributed by atoms with E-state index in [2.05, 4.69) is 5.32 Å². The SMILES string of the molecule is CCNCc1ccc(N(CCO)CC(F)(F)F)cc1Cl. The van der Waals surface area contributed by atoms with Gasteiger partial charge in [-0.1, -0.05) is 24.6 Å². The Bertz CT molecular complexity index is 427. The second-order valence-electron chi connectivity index (χ2n) is 4.32. The van der Waals surface area contributed by atoms with Gasteiger partial charge in [0.1, 0.15) is 6.54 Å². The first-order valence-electron chi connectivity index (χ1n) is 6.29. The van der Waals surface area contributed by atoms with Crippen molar-refractivity contribution in [3.05, 3.63) is 28.8 Å². The summed E-state index contributed by atoms with van der Waals surface area (Å²) >= 11 is 6.07. The molecule has 1 aromatic carbocycles. The Labute approximate surface area is 121 Å². The highest BCUT2D eigenvalue weighted by Gasteiger charge is 2.30. The molecule has 0 heterocycles. The zero-order valence-corrected chi connectivity index (χ0v) is 11.9. The van der Waals surface area contributed by atoms with Gasteiger partial charge in [0.15, 0.2) is 0 Å². The van der Waals surface area contributed by atoms with E-state index >= 15 is 0 Å². The van der Waals surface area contributed by atoms with Gasteiger partial charge in [0, 0.05) is 23.8 Å². The number of hydrogen-bond donors (Lipinski definition) is 2. The highest BCUT2D eigenvalue weighted by atomic mass is 35.5. The Morgan fingerprint density at radius 2 is 2.05 bits per heavy atom. The Balaban J connectivity index is 2.89. The third-order valence-corrected chi connectivity index (χ3v) is 3.06. The summed E-state index contributed by atoms with van der Waals surface area (Å²) in [6.45, 7) is 1.73. The normalized spacial score (nSPS) is 11.7. The minimum atomic E-state index is -4.33. The second-order valence-corrected chi connectivity index (χ2v) is 4.72. The van der Waals surface area contributed by atoms with Gasteiger partial charge in [0.2, 0.25) is 0 Å². The van der Waals surface area contributed by atoms with Gasteiger partial charge in [0.05, 0.1) is 6.61 Å². The molecule has 0 atom stereocenters. The molecule has 114 valence electrons. The van der Waals surface area contributed by atoms with Crippen LogP contribution in [-0.2, 0) is 6.54 Å². The predicted molar refractivity (Wildman–Crippen MR) is 74.2 cm³/mol. The summed E-state index contributed by atoms with van der Waals surface area (Å²) in [6, 6.07) is 4.77. The smallest absolute Gasteiger partial charge is 0.395 e. The molecule has 0 spiro atoms. The molecule has 7 heteroatoms. The van der Waals surface area contributed by atoms with Crippen LogP contribution in [0.2, 0.25) is 5.02 Å². The molecule has 0 saturated carbocycles. The molecule has 0 radical (unpaired) electrons. The molecule has 0 saturated heterocycles. The van der Waals surface area contributed by atoms with E-state index in [-0.39, 0.29) is 13.2 Å². The fourth-order valence-electron chi connectivity index (χ4n) is 1.77. The third-order valence-electron chi connectivity index (χ3n) is 2.71. The number of nitrogens with zero attached hydrogens (tertiary/aromatic N) is 1. The third kappa shape index (κ3) is 5.56. The number of aliphatic hydroxyl groups excluding tert-OH is 1. The van der Waals surface area contributed by atoms with Crippen molar-refractivity contribution in [3.8, 4) is 0 Å². The molecule has 0 unspecified atom stereocenters. The zero-order chi connectivity index (χ0) is 15.2. The minimum Gasteiger partial charge on any atom is -0.395 e. The van der Waals surface area contributed by atoms with E-state index in [4.69, 9.17) is 16.7 Å². The highest BCUT2D eigenvalue weighted by Crippen LogP contribution is 2.26. The molecule has 1 aromatic rings. The molecular weight excluding hydrogens is 293 g/mol. The molecule has 0 aromatic heterocycles. The Morgan fingerprint density at radius 3 is 2.55 bits per heavy atom. The maximum absolute atomic E-state index is 12.5. The van der Waals surface area contributed by atoms with E-state index in [0.29, 0.717) is 17.3 Å². The molecular formula is C13H18ClF3N2O. The lowest BCUT2D eigenvalue weighted by molar-refractivity contribution is -0.119. The minimum absolute atomic E-state index is 0.0948. The van der Waals surface area contributed by atoms with Crippen LogP contribution in [0.25, 0.3) is 0 Å². The summed E-state index contributed by atoms with van der Waals surface area (Å²) < 4.78 is 37.5. The standard InChI is InChI=1S/C13H18ClF3N2O/c1-2-18-8-10-3-4-11(7-12(10)14)19(5-6-20)9-13(15,16)17/h3-4,7,18,20H,2,5-6,8-9H2,1H3. The molecule has 0 bridgehead atoms. The number of rotatable bonds is 7. The summed E-state index contributed by atoms with van der Waals surface area (Å²) in [5, 5.41) is 12.4. The quantitative estimate of drug-likeness (QED) is 0.813. The highest BCUT2D eigenvalue weighted by molar-refractivity contribution is 6.31. The van der Waals surface area contributed by atoms with Gasteiger partial charge in [0.25, 0.3) is 0 Å². The van der Waals surface area contributed by atoms with Gasteiger partial charge in [-0.2, -0.15) is 13.2 Å². The molecule has 1 rings (SSSR count). The summed E-state index contributed by atoms with van der Waals surface area (Å²) in [4.78, 5) is 1.06. The van der Waals surface area contributed by atoms with Crippen LogP contribution in [0.1, 0.15) is 12.5 Å². The van der Waals surface area contributed by atoms with Gasteiger partial charge in [-0.05, 0) is 24.2 Å². The lowest BCUT2D eigenvalue weighted by Gasteiger charge is -2.25. The van der Waals surface area contributed by atoms with Crippen LogP contribution in [0.5, 0.6) is 0 Å². The van der Waals surface area contributed by atoms with E-state index < -0.39 is 12.7 Å². The number of hydrogen-bond acceptors (Lipinski definition) is 3. The first kappa shape index (κ1) is 17.1. The van der Waals surface area contributed by atoms with Gasteiger partial charge < -0.3 is 15.3 Å². The van der Waals surface area contributed by atoms with Crippen LogP contribution in [-0.4, -0.2) is 37.5 Å². The maximum atomic E-state index is 12.5. The number of aliphatic hydroxyl groups is 1. The number of anilines is 1. The van der Waals surface area contributed by atoms with Crippen LogP contribution in [0.4, 0.5) is 18.9 Å². The van der Waals surface area contributed by atoms with Crippen molar-refractivity contribution in [1.82, 2.24) is 5.32 Å². The zero-order valence-electron chi connectivity index (χ0n) is 11.2. The fraction of sp³-hybridized carbons (Fsp3) is 0.538. The van der Waals surface area contributed by atoms with Crippen molar-refractivity contribution in [1.29, 1.82) is 0 Å². The molecule has 3 nitrogen and oxygen atoms in total. The Kier molecular flexibility index (Phi) is 6.58. The van der Waals surface area contributed by atoms with Crippen molar-refractivity contribution in [2.45, 2.75) is 19.6 Å². The van der Waals surface area contributed by atoms with Crippen LogP contribution < -0.4 is 10.2 Å². The van der Waals surface area contributed by atoms with Crippen molar-refractivity contribution >= 4 is 17.3 Å². The summed E-state index contributed by atoms with van der Waals surface area (Å²) in [5.74, 6) is 0. The molecule has 20 heavy (non-hydrogen) atoms. The number of halogens is 4. The van der Waals surface area contributed by atoms with Crippen LogP contribution in [0, 0.1) is 0 Å². The summed E-state index contributed by atoms with van der Waals surface area (Å²) in [5.41, 5.74) is 1.18. The lowest BCUT2D eigenvalue weighted by atomic mass is 10.2. The van der Waals surface area contributed by atoms with E-state index in [9.17, 15) is 13.2 Å². The molecule has 0 amide bonds. The monoisotopic (exact) mass is 310 g/mol. The first-order valence-corrected chi connectivity index (χ1v) is 6.67. The topological polar surface area (TPSA) is 35.5 Å². The van der Waals surface area contributed by atoms with E-state index in [0.717, 1.165) is 17.0 Å². The van der Waals surface area contributed by atoms with Gasteiger partial charge >= 0.3 is 6.18 Å². The average molecular weight is 311 g/mol. The van der Waals surface area contributed by atoms with E-state index in [1.807, 2.05) is 6.92 Å². The molecule has 0 aliphatic rings. The summed E-state index contributed by atoms with van der Waals surface area (Å²) in [7, 11) is 0. The summed E-state index contributed by atoms with van der Waals surface area (Å²) in [6.07, 6.45) is -4.33.